The molecule has 2 rings (SSSR count). The molecule has 0 saturated heterocycles. The van der Waals surface area contributed by atoms with Crippen LogP contribution in [0.4, 0.5) is 0 Å². The highest BCUT2D eigenvalue weighted by Gasteiger charge is 2.34. The molecule has 0 saturated carbocycles. The molecular formula is C18H21NO5. The van der Waals surface area contributed by atoms with Crippen molar-refractivity contribution in [3.8, 4) is 0 Å². The number of amides is 2. The first-order valence-corrected chi connectivity index (χ1v) is 8.07. The third kappa shape index (κ3) is 4.14. The van der Waals surface area contributed by atoms with Gasteiger partial charge in [-0.1, -0.05) is 12.1 Å². The summed E-state index contributed by atoms with van der Waals surface area (Å²) in [5.41, 5.74) is 0.830. The van der Waals surface area contributed by atoms with Gasteiger partial charge in [-0.05, 0) is 38.3 Å². The number of aliphatic hydroxyl groups is 1. The van der Waals surface area contributed by atoms with Crippen molar-refractivity contribution in [2.45, 2.75) is 45.1 Å². The van der Waals surface area contributed by atoms with Crippen LogP contribution in [0.3, 0.4) is 0 Å². The standard InChI is InChI=1S/C18H21NO5/c1-12(20)9-10-16(22)15(21)8-4-5-11-19-17(23)13-6-2-3-7-14(13)18(19)24/h2-3,6-7,16,22H,4-5,8-11H2,1H3. The van der Waals surface area contributed by atoms with Crippen molar-refractivity contribution in [1.82, 2.24) is 4.90 Å². The molecule has 1 N–H and O–H groups in total. The van der Waals surface area contributed by atoms with Gasteiger partial charge in [0.05, 0.1) is 11.1 Å². The zero-order chi connectivity index (χ0) is 17.7. The first-order valence-electron chi connectivity index (χ1n) is 8.07. The summed E-state index contributed by atoms with van der Waals surface area (Å²) >= 11 is 0. The van der Waals surface area contributed by atoms with Crippen molar-refractivity contribution < 1.29 is 24.3 Å². The van der Waals surface area contributed by atoms with Gasteiger partial charge in [0.1, 0.15) is 11.9 Å². The van der Waals surface area contributed by atoms with Gasteiger partial charge >= 0.3 is 0 Å². The van der Waals surface area contributed by atoms with Crippen molar-refractivity contribution in [1.29, 1.82) is 0 Å². The molecule has 1 aromatic carbocycles. The smallest absolute Gasteiger partial charge is 0.261 e. The minimum atomic E-state index is -1.12. The Morgan fingerprint density at radius 1 is 1.04 bits per heavy atom. The quantitative estimate of drug-likeness (QED) is 0.550. The van der Waals surface area contributed by atoms with Crippen LogP contribution in [0.25, 0.3) is 0 Å². The Hall–Kier alpha value is -2.34. The van der Waals surface area contributed by atoms with E-state index in [9.17, 15) is 24.3 Å². The molecule has 0 spiro atoms. The van der Waals surface area contributed by atoms with E-state index in [1.54, 1.807) is 24.3 Å². The Bertz CT molecular complexity index is 632. The molecule has 1 unspecified atom stereocenters. The molecule has 0 aliphatic carbocycles. The maximum absolute atomic E-state index is 12.2. The molecule has 1 aliphatic rings. The van der Waals surface area contributed by atoms with Crippen LogP contribution in [0.2, 0.25) is 0 Å². The van der Waals surface area contributed by atoms with Crippen LogP contribution in [0.5, 0.6) is 0 Å². The monoisotopic (exact) mass is 331 g/mol. The lowest BCUT2D eigenvalue weighted by molar-refractivity contribution is -0.128. The van der Waals surface area contributed by atoms with Gasteiger partial charge in [0, 0.05) is 19.4 Å². The zero-order valence-corrected chi connectivity index (χ0v) is 13.7. The molecule has 1 aromatic rings. The van der Waals surface area contributed by atoms with Crippen molar-refractivity contribution >= 4 is 23.4 Å². The van der Waals surface area contributed by atoms with Crippen LogP contribution in [0.1, 0.15) is 59.7 Å². The third-order valence-corrected chi connectivity index (χ3v) is 4.07. The summed E-state index contributed by atoms with van der Waals surface area (Å²) in [6.07, 6.45) is 0.352. The van der Waals surface area contributed by atoms with Gasteiger partial charge in [-0.15, -0.1) is 0 Å². The Labute approximate surface area is 140 Å². The van der Waals surface area contributed by atoms with Crippen LogP contribution in [-0.2, 0) is 9.59 Å². The number of nitrogens with zero attached hydrogens (tertiary/aromatic N) is 1. The van der Waals surface area contributed by atoms with Gasteiger partial charge in [0.15, 0.2) is 5.78 Å². The molecule has 0 radical (unpaired) electrons. The molecule has 6 nitrogen and oxygen atoms in total. The second-order valence-electron chi connectivity index (χ2n) is 5.99. The van der Waals surface area contributed by atoms with Gasteiger partial charge in [0.25, 0.3) is 11.8 Å². The number of aliphatic hydroxyl groups excluding tert-OH is 1. The van der Waals surface area contributed by atoms with Crippen molar-refractivity contribution in [2.24, 2.45) is 0 Å². The number of ketones is 2. The summed E-state index contributed by atoms with van der Waals surface area (Å²) < 4.78 is 0. The maximum Gasteiger partial charge on any atom is 0.261 e. The molecule has 24 heavy (non-hydrogen) atoms. The summed E-state index contributed by atoms with van der Waals surface area (Å²) in [4.78, 5) is 48.1. The molecule has 0 aromatic heterocycles. The largest absolute Gasteiger partial charge is 0.385 e. The Balaban J connectivity index is 1.75. The molecule has 1 heterocycles. The molecule has 2 amide bonds. The van der Waals surface area contributed by atoms with Gasteiger partial charge in [-0.2, -0.15) is 0 Å². The van der Waals surface area contributed by atoms with Crippen LogP contribution in [0.15, 0.2) is 24.3 Å². The molecule has 0 fully saturated rings. The van der Waals surface area contributed by atoms with Crippen LogP contribution in [-0.4, -0.2) is 46.0 Å². The second kappa shape index (κ2) is 7.97. The fraction of sp³-hybridized carbons (Fsp3) is 0.444. The third-order valence-electron chi connectivity index (χ3n) is 4.07. The van der Waals surface area contributed by atoms with E-state index in [4.69, 9.17) is 0 Å². The van der Waals surface area contributed by atoms with Crippen molar-refractivity contribution in [2.75, 3.05) is 6.54 Å². The number of carbonyl (C=O) groups is 4. The minimum absolute atomic E-state index is 0.0625. The highest BCUT2D eigenvalue weighted by Crippen LogP contribution is 2.22. The number of hydrogen-bond donors (Lipinski definition) is 1. The lowest BCUT2D eigenvalue weighted by Gasteiger charge is -2.14. The number of fused-ring (bicyclic) bond motifs is 1. The highest BCUT2D eigenvalue weighted by molar-refractivity contribution is 6.21. The fourth-order valence-corrected chi connectivity index (χ4v) is 2.68. The second-order valence-corrected chi connectivity index (χ2v) is 5.99. The van der Waals surface area contributed by atoms with Gasteiger partial charge in [0.2, 0.25) is 0 Å². The summed E-state index contributed by atoms with van der Waals surface area (Å²) in [6.45, 7) is 1.67. The van der Waals surface area contributed by atoms with Gasteiger partial charge in [-0.25, -0.2) is 0 Å². The topological polar surface area (TPSA) is 91.8 Å². The van der Waals surface area contributed by atoms with Crippen molar-refractivity contribution in [3.63, 3.8) is 0 Å². The number of hydrogen-bond acceptors (Lipinski definition) is 5. The summed E-state index contributed by atoms with van der Waals surface area (Å²) in [5, 5.41) is 9.66. The van der Waals surface area contributed by atoms with E-state index < -0.39 is 6.10 Å². The normalized spacial score (nSPS) is 14.7. The fourth-order valence-electron chi connectivity index (χ4n) is 2.68. The predicted octanol–water partition coefficient (Wildman–Crippen LogP) is 1.75. The van der Waals surface area contributed by atoms with E-state index >= 15 is 0 Å². The first-order chi connectivity index (χ1) is 11.4. The lowest BCUT2D eigenvalue weighted by atomic mass is 10.0. The number of imide groups is 1. The predicted molar refractivity (Wildman–Crippen MR) is 86.6 cm³/mol. The zero-order valence-electron chi connectivity index (χ0n) is 13.7. The number of unbranched alkanes of at least 4 members (excludes halogenated alkanes) is 1. The van der Waals surface area contributed by atoms with E-state index in [1.807, 2.05) is 0 Å². The molecule has 6 heteroatoms. The number of carbonyl (C=O) groups excluding carboxylic acids is 4. The van der Waals surface area contributed by atoms with Gasteiger partial charge in [-0.3, -0.25) is 19.3 Å². The Morgan fingerprint density at radius 2 is 1.62 bits per heavy atom. The van der Waals surface area contributed by atoms with Crippen LogP contribution < -0.4 is 0 Å². The van der Waals surface area contributed by atoms with E-state index in [-0.39, 0.29) is 49.2 Å². The molecule has 1 atom stereocenters. The Kier molecular flexibility index (Phi) is 5.98. The summed E-state index contributed by atoms with van der Waals surface area (Å²) in [7, 11) is 0. The average molecular weight is 331 g/mol. The maximum atomic E-state index is 12.2. The molecule has 1 aliphatic heterocycles. The average Bonchev–Trinajstić information content (AvgIpc) is 2.81. The minimum Gasteiger partial charge on any atom is -0.385 e. The van der Waals surface area contributed by atoms with Crippen molar-refractivity contribution in [3.05, 3.63) is 35.4 Å². The van der Waals surface area contributed by atoms with E-state index in [1.165, 1.54) is 11.8 Å². The van der Waals surface area contributed by atoms with E-state index in [2.05, 4.69) is 0 Å². The highest BCUT2D eigenvalue weighted by atomic mass is 16.3. The van der Waals surface area contributed by atoms with Crippen LogP contribution >= 0.6 is 0 Å². The number of benzene rings is 1. The molecular weight excluding hydrogens is 310 g/mol. The number of rotatable bonds is 9. The van der Waals surface area contributed by atoms with E-state index in [0.29, 0.717) is 24.0 Å². The lowest BCUT2D eigenvalue weighted by Crippen LogP contribution is -2.31. The SMILES string of the molecule is CC(=O)CCC(O)C(=O)CCCCN1C(=O)c2ccccc2C1=O. The molecule has 0 bridgehead atoms. The van der Waals surface area contributed by atoms with Gasteiger partial charge < -0.3 is 9.90 Å². The van der Waals surface area contributed by atoms with Crippen LogP contribution in [0, 0.1) is 0 Å². The van der Waals surface area contributed by atoms with E-state index in [0.717, 1.165) is 0 Å². The Morgan fingerprint density at radius 3 is 2.17 bits per heavy atom. The molecule has 128 valence electrons. The first kappa shape index (κ1) is 18.0. The number of Topliss-reactive ketones (excluding diaryl/α,β-unsaturated/α-hetero) is 2. The summed E-state index contributed by atoms with van der Waals surface area (Å²) in [6, 6.07) is 6.69. The summed E-state index contributed by atoms with van der Waals surface area (Å²) in [5.74, 6) is -0.974.